The minimum atomic E-state index is -0.924. The maximum absolute atomic E-state index is 13.8. The van der Waals surface area contributed by atoms with Crippen LogP contribution in [0.2, 0.25) is 0 Å². The van der Waals surface area contributed by atoms with E-state index in [1.807, 2.05) is 6.07 Å². The molecule has 0 heterocycles. The Morgan fingerprint density at radius 1 is 1.25 bits per heavy atom. The van der Waals surface area contributed by atoms with Gasteiger partial charge in [0.25, 0.3) is 0 Å². The summed E-state index contributed by atoms with van der Waals surface area (Å²) in [5, 5.41) is 19.5. The summed E-state index contributed by atoms with van der Waals surface area (Å²) in [4.78, 5) is 9.84. The molecule has 0 aromatic heterocycles. The van der Waals surface area contributed by atoms with Crippen LogP contribution in [0.25, 0.3) is 0 Å². The third kappa shape index (κ3) is 2.72. The van der Waals surface area contributed by atoms with Gasteiger partial charge in [0, 0.05) is 11.6 Å². The van der Waals surface area contributed by atoms with Crippen LogP contribution in [-0.2, 0) is 6.61 Å². The van der Waals surface area contributed by atoms with Crippen LogP contribution >= 0.6 is 0 Å². The molecule has 20 heavy (non-hydrogen) atoms. The molecule has 0 radical (unpaired) electrons. The molecule has 0 bridgehead atoms. The number of halogens is 1. The zero-order chi connectivity index (χ0) is 14.5. The fourth-order valence-corrected chi connectivity index (χ4v) is 1.66. The lowest BCUT2D eigenvalue weighted by atomic mass is 10.2. The van der Waals surface area contributed by atoms with Crippen molar-refractivity contribution in [2.75, 3.05) is 0 Å². The van der Waals surface area contributed by atoms with Crippen LogP contribution in [0.4, 0.5) is 10.1 Å². The Hall–Kier alpha value is -2.94. The van der Waals surface area contributed by atoms with E-state index in [1.165, 1.54) is 12.1 Å². The predicted molar refractivity (Wildman–Crippen MR) is 68.5 cm³/mol. The Kier molecular flexibility index (Phi) is 3.91. The highest BCUT2D eigenvalue weighted by Gasteiger charge is 2.17. The third-order valence-corrected chi connectivity index (χ3v) is 2.65. The highest BCUT2D eigenvalue weighted by Crippen LogP contribution is 2.23. The summed E-state index contributed by atoms with van der Waals surface area (Å²) in [5.41, 5.74) is -0.218. The molecule has 0 atom stereocenters. The Bertz CT molecular complexity index is 695. The Morgan fingerprint density at radius 3 is 2.70 bits per heavy atom. The number of para-hydroxylation sites is 1. The minimum Gasteiger partial charge on any atom is -0.487 e. The Labute approximate surface area is 114 Å². The van der Waals surface area contributed by atoms with Gasteiger partial charge >= 0.3 is 5.69 Å². The number of rotatable bonds is 4. The van der Waals surface area contributed by atoms with Crippen molar-refractivity contribution in [3.63, 3.8) is 0 Å². The lowest BCUT2D eigenvalue weighted by Crippen LogP contribution is -2.02. The fourth-order valence-electron chi connectivity index (χ4n) is 1.66. The van der Waals surface area contributed by atoms with Crippen molar-refractivity contribution in [3.8, 4) is 11.8 Å². The molecule has 5 nitrogen and oxygen atoms in total. The lowest BCUT2D eigenvalue weighted by Gasteiger charge is -2.08. The third-order valence-electron chi connectivity index (χ3n) is 2.65. The van der Waals surface area contributed by atoms with E-state index in [-0.39, 0.29) is 12.2 Å². The van der Waals surface area contributed by atoms with E-state index in [1.54, 1.807) is 24.3 Å². The zero-order valence-corrected chi connectivity index (χ0v) is 10.2. The smallest absolute Gasteiger partial charge is 0.305 e. The first-order valence-electron chi connectivity index (χ1n) is 5.67. The van der Waals surface area contributed by atoms with Crippen LogP contribution in [0.1, 0.15) is 11.1 Å². The molecule has 0 amide bonds. The van der Waals surface area contributed by atoms with Crippen molar-refractivity contribution in [2.45, 2.75) is 6.61 Å². The van der Waals surface area contributed by atoms with Crippen LogP contribution in [0.3, 0.4) is 0 Å². The summed E-state index contributed by atoms with van der Waals surface area (Å²) in [7, 11) is 0. The molecule has 2 rings (SSSR count). The van der Waals surface area contributed by atoms with Crippen LogP contribution in [0, 0.1) is 27.3 Å². The normalized spacial score (nSPS) is 9.80. The molecule has 0 saturated carbocycles. The van der Waals surface area contributed by atoms with E-state index in [0.717, 1.165) is 6.07 Å². The van der Waals surface area contributed by atoms with Gasteiger partial charge in [-0.1, -0.05) is 24.3 Å². The number of benzene rings is 2. The van der Waals surface area contributed by atoms with Crippen molar-refractivity contribution < 1.29 is 14.1 Å². The fraction of sp³-hybridized carbons (Fsp3) is 0.0714. The second kappa shape index (κ2) is 5.80. The van der Waals surface area contributed by atoms with Gasteiger partial charge in [-0.05, 0) is 12.1 Å². The molecular weight excluding hydrogens is 263 g/mol. The number of nitriles is 1. The summed E-state index contributed by atoms with van der Waals surface area (Å²) in [5.74, 6) is -0.618. The standard InChI is InChI=1S/C14H9FN2O3/c15-14-11(5-3-6-12(14)17(18)19)9-20-13-7-2-1-4-10(13)8-16/h1-7H,9H2. The number of hydrogen-bond acceptors (Lipinski definition) is 4. The van der Waals surface area contributed by atoms with Gasteiger partial charge in [0.1, 0.15) is 18.4 Å². The van der Waals surface area contributed by atoms with Crippen molar-refractivity contribution in [3.05, 3.63) is 69.5 Å². The zero-order valence-electron chi connectivity index (χ0n) is 10.2. The molecule has 0 aliphatic rings. The maximum Gasteiger partial charge on any atom is 0.305 e. The van der Waals surface area contributed by atoms with Crippen LogP contribution in [-0.4, -0.2) is 4.92 Å². The molecular formula is C14H9FN2O3. The number of nitrogens with zero attached hydrogens (tertiary/aromatic N) is 2. The summed E-state index contributed by atoms with van der Waals surface area (Å²) in [6.45, 7) is -0.188. The van der Waals surface area contributed by atoms with E-state index in [9.17, 15) is 14.5 Å². The average molecular weight is 272 g/mol. The molecule has 0 aliphatic heterocycles. The van der Waals surface area contributed by atoms with Gasteiger partial charge in [0.15, 0.2) is 0 Å². The number of nitro groups is 1. The SMILES string of the molecule is N#Cc1ccccc1OCc1cccc([N+](=O)[O-])c1F. The summed E-state index contributed by atoms with van der Waals surface area (Å²) < 4.78 is 19.2. The van der Waals surface area contributed by atoms with Gasteiger partial charge in [-0.2, -0.15) is 9.65 Å². The van der Waals surface area contributed by atoms with Gasteiger partial charge in [-0.3, -0.25) is 10.1 Å². The maximum atomic E-state index is 13.8. The second-order valence-corrected chi connectivity index (χ2v) is 3.90. The topological polar surface area (TPSA) is 76.2 Å². The summed E-state index contributed by atoms with van der Waals surface area (Å²) in [6, 6.07) is 12.3. The predicted octanol–water partition coefficient (Wildman–Crippen LogP) is 3.18. The lowest BCUT2D eigenvalue weighted by molar-refractivity contribution is -0.387. The molecule has 0 saturated heterocycles. The van der Waals surface area contributed by atoms with Crippen LogP contribution in [0.5, 0.6) is 5.75 Å². The van der Waals surface area contributed by atoms with Gasteiger partial charge in [-0.15, -0.1) is 0 Å². The molecule has 0 unspecified atom stereocenters. The number of hydrogen-bond donors (Lipinski definition) is 0. The van der Waals surface area contributed by atoms with Gasteiger partial charge < -0.3 is 4.74 Å². The van der Waals surface area contributed by atoms with E-state index in [4.69, 9.17) is 10.00 Å². The average Bonchev–Trinajstić information content (AvgIpc) is 2.46. The monoisotopic (exact) mass is 272 g/mol. The van der Waals surface area contributed by atoms with Crippen molar-refractivity contribution in [1.29, 1.82) is 5.26 Å². The molecule has 0 spiro atoms. The first kappa shape index (κ1) is 13.5. The number of ether oxygens (including phenoxy) is 1. The Balaban J connectivity index is 2.22. The first-order chi connectivity index (χ1) is 9.63. The molecule has 100 valence electrons. The summed E-state index contributed by atoms with van der Waals surface area (Å²) in [6.07, 6.45) is 0. The van der Waals surface area contributed by atoms with E-state index in [2.05, 4.69) is 0 Å². The van der Waals surface area contributed by atoms with Crippen LogP contribution in [0.15, 0.2) is 42.5 Å². The van der Waals surface area contributed by atoms with Crippen molar-refractivity contribution in [2.24, 2.45) is 0 Å². The van der Waals surface area contributed by atoms with Gasteiger partial charge in [0.05, 0.1) is 10.5 Å². The quantitative estimate of drug-likeness (QED) is 0.632. The highest BCUT2D eigenvalue weighted by molar-refractivity contribution is 5.43. The van der Waals surface area contributed by atoms with Gasteiger partial charge in [0.2, 0.25) is 5.82 Å². The molecule has 6 heteroatoms. The molecule has 2 aromatic rings. The Morgan fingerprint density at radius 2 is 2.00 bits per heavy atom. The number of nitro benzene ring substituents is 1. The highest BCUT2D eigenvalue weighted by atomic mass is 19.1. The molecule has 0 aliphatic carbocycles. The van der Waals surface area contributed by atoms with Crippen molar-refractivity contribution in [1.82, 2.24) is 0 Å². The minimum absolute atomic E-state index is 0.0620. The largest absolute Gasteiger partial charge is 0.487 e. The molecule has 0 N–H and O–H groups in total. The molecule has 0 fully saturated rings. The van der Waals surface area contributed by atoms with E-state index in [0.29, 0.717) is 11.3 Å². The summed E-state index contributed by atoms with van der Waals surface area (Å²) >= 11 is 0. The second-order valence-electron chi connectivity index (χ2n) is 3.90. The van der Waals surface area contributed by atoms with E-state index >= 15 is 0 Å². The van der Waals surface area contributed by atoms with Crippen LogP contribution < -0.4 is 4.74 Å². The first-order valence-corrected chi connectivity index (χ1v) is 5.67. The van der Waals surface area contributed by atoms with E-state index < -0.39 is 16.4 Å². The van der Waals surface area contributed by atoms with Gasteiger partial charge in [-0.25, -0.2) is 0 Å². The molecule has 2 aromatic carbocycles. The van der Waals surface area contributed by atoms with Crippen molar-refractivity contribution >= 4 is 5.69 Å².